The lowest BCUT2D eigenvalue weighted by atomic mass is 10.0. The fourth-order valence-electron chi connectivity index (χ4n) is 2.81. The maximum absolute atomic E-state index is 10.9. The molecule has 1 aliphatic rings. The summed E-state index contributed by atoms with van der Waals surface area (Å²) in [6.45, 7) is 4.08. The number of anilines is 1. The Morgan fingerprint density at radius 3 is 2.77 bits per heavy atom. The van der Waals surface area contributed by atoms with Gasteiger partial charge in [0.25, 0.3) is 0 Å². The van der Waals surface area contributed by atoms with Crippen molar-refractivity contribution in [2.75, 3.05) is 24.6 Å². The number of nitroso groups, excluding NO2 is 1. The van der Waals surface area contributed by atoms with Crippen LogP contribution in [0, 0.1) is 16.7 Å². The smallest absolute Gasteiger partial charge is 0.229 e. The monoisotopic (exact) mass is 348 g/mol. The maximum atomic E-state index is 10.9. The zero-order valence-corrected chi connectivity index (χ0v) is 14.7. The highest BCUT2D eigenvalue weighted by atomic mass is 16.5. The van der Waals surface area contributed by atoms with Gasteiger partial charge in [-0.15, -0.1) is 4.91 Å². The van der Waals surface area contributed by atoms with Gasteiger partial charge in [-0.2, -0.15) is 0 Å². The molecule has 0 aromatic carbocycles. The van der Waals surface area contributed by atoms with Gasteiger partial charge in [-0.3, -0.25) is 0 Å². The summed E-state index contributed by atoms with van der Waals surface area (Å²) in [7, 11) is 0. The van der Waals surface area contributed by atoms with E-state index in [4.69, 9.17) is 4.74 Å². The molecule has 26 heavy (non-hydrogen) atoms. The standard InChI is InChI=1S/C20H20N4O2/c1-2-26-20-17(8-4-13-22-20)7-3-6-16-10-14-24(15-11-16)19-18(23-25)9-5-12-21-19/h4-6,8-9,12-13H,2,10-11,14-15H2,1H3. The van der Waals surface area contributed by atoms with E-state index in [0.29, 0.717) is 24.0 Å². The molecule has 0 bridgehead atoms. The minimum absolute atomic E-state index is 0.389. The van der Waals surface area contributed by atoms with Crippen LogP contribution in [0.1, 0.15) is 25.3 Å². The average molecular weight is 348 g/mol. The molecule has 0 saturated carbocycles. The largest absolute Gasteiger partial charge is 0.477 e. The quantitative estimate of drug-likeness (QED) is 0.620. The van der Waals surface area contributed by atoms with Gasteiger partial charge in [-0.25, -0.2) is 9.97 Å². The molecule has 6 heteroatoms. The maximum Gasteiger partial charge on any atom is 0.229 e. The summed E-state index contributed by atoms with van der Waals surface area (Å²) < 4.78 is 5.48. The first-order chi connectivity index (χ1) is 12.8. The predicted octanol–water partition coefficient (Wildman–Crippen LogP) is 3.85. The van der Waals surface area contributed by atoms with E-state index in [1.807, 2.05) is 25.1 Å². The van der Waals surface area contributed by atoms with Gasteiger partial charge in [0.05, 0.1) is 12.2 Å². The molecule has 0 unspecified atom stereocenters. The first-order valence-electron chi connectivity index (χ1n) is 8.62. The van der Waals surface area contributed by atoms with Crippen molar-refractivity contribution in [3.8, 4) is 17.7 Å². The van der Waals surface area contributed by atoms with Gasteiger partial charge >= 0.3 is 0 Å². The second-order valence-electron chi connectivity index (χ2n) is 5.79. The number of aromatic nitrogens is 2. The topological polar surface area (TPSA) is 67.7 Å². The molecule has 0 atom stereocenters. The van der Waals surface area contributed by atoms with E-state index in [1.54, 1.807) is 24.5 Å². The summed E-state index contributed by atoms with van der Waals surface area (Å²) in [5.41, 5.74) is 2.46. The normalized spacial score (nSPS) is 13.6. The van der Waals surface area contributed by atoms with E-state index in [1.165, 1.54) is 5.57 Å². The van der Waals surface area contributed by atoms with Gasteiger partial charge < -0.3 is 9.64 Å². The van der Waals surface area contributed by atoms with E-state index in [2.05, 4.69) is 31.9 Å². The zero-order valence-electron chi connectivity index (χ0n) is 14.7. The summed E-state index contributed by atoms with van der Waals surface area (Å²) >= 11 is 0. The lowest BCUT2D eigenvalue weighted by Gasteiger charge is -2.29. The Morgan fingerprint density at radius 2 is 2.00 bits per heavy atom. The molecule has 0 N–H and O–H groups in total. The molecular weight excluding hydrogens is 328 g/mol. The van der Waals surface area contributed by atoms with Crippen LogP contribution in [0.4, 0.5) is 11.5 Å². The molecule has 1 aliphatic heterocycles. The lowest BCUT2D eigenvalue weighted by molar-refractivity contribution is 0.326. The highest BCUT2D eigenvalue weighted by Crippen LogP contribution is 2.29. The lowest BCUT2D eigenvalue weighted by Crippen LogP contribution is -2.31. The highest BCUT2D eigenvalue weighted by molar-refractivity contribution is 5.61. The number of hydrogen-bond donors (Lipinski definition) is 0. The first-order valence-corrected chi connectivity index (χ1v) is 8.62. The van der Waals surface area contributed by atoms with Crippen molar-refractivity contribution in [3.05, 3.63) is 58.8 Å². The number of allylic oxidation sites excluding steroid dienone is 1. The van der Waals surface area contributed by atoms with Crippen LogP contribution in [-0.2, 0) is 0 Å². The van der Waals surface area contributed by atoms with Crippen molar-refractivity contribution in [1.82, 2.24) is 9.97 Å². The summed E-state index contributed by atoms with van der Waals surface area (Å²) in [4.78, 5) is 21.5. The minimum Gasteiger partial charge on any atom is -0.477 e. The van der Waals surface area contributed by atoms with Crippen molar-refractivity contribution in [2.24, 2.45) is 5.18 Å². The number of ether oxygens (including phenoxy) is 1. The summed E-state index contributed by atoms with van der Waals surface area (Å²) in [6, 6.07) is 7.17. The zero-order chi connectivity index (χ0) is 18.2. The predicted molar refractivity (Wildman–Crippen MR) is 102 cm³/mol. The Labute approximate surface area is 152 Å². The SMILES string of the molecule is CCOc1ncccc1C#CC=C1CCN(c2ncccc2N=O)CC1. The van der Waals surface area contributed by atoms with Crippen LogP contribution in [0.2, 0.25) is 0 Å². The van der Waals surface area contributed by atoms with Crippen LogP contribution in [0.5, 0.6) is 5.88 Å². The van der Waals surface area contributed by atoms with Crippen molar-refractivity contribution < 1.29 is 4.74 Å². The number of hydrogen-bond acceptors (Lipinski definition) is 6. The van der Waals surface area contributed by atoms with Gasteiger partial charge in [0.1, 0.15) is 5.69 Å². The molecule has 132 valence electrons. The van der Waals surface area contributed by atoms with Crippen LogP contribution in [-0.4, -0.2) is 29.7 Å². The molecule has 0 amide bonds. The number of pyridine rings is 2. The van der Waals surface area contributed by atoms with Gasteiger partial charge in [0.2, 0.25) is 5.88 Å². The van der Waals surface area contributed by atoms with E-state index in [-0.39, 0.29) is 0 Å². The third kappa shape index (κ3) is 4.25. The molecule has 1 fully saturated rings. The van der Waals surface area contributed by atoms with Crippen molar-refractivity contribution in [1.29, 1.82) is 0 Å². The third-order valence-corrected chi connectivity index (χ3v) is 4.10. The Morgan fingerprint density at radius 1 is 1.23 bits per heavy atom. The first kappa shape index (κ1) is 17.6. The van der Waals surface area contributed by atoms with E-state index < -0.39 is 0 Å². The van der Waals surface area contributed by atoms with E-state index in [9.17, 15) is 4.91 Å². The second-order valence-corrected chi connectivity index (χ2v) is 5.79. The average Bonchev–Trinajstić information content (AvgIpc) is 2.70. The van der Waals surface area contributed by atoms with E-state index >= 15 is 0 Å². The molecule has 1 saturated heterocycles. The molecule has 2 aromatic heterocycles. The molecule has 0 aliphatic carbocycles. The third-order valence-electron chi connectivity index (χ3n) is 4.10. The fraction of sp³-hybridized carbons (Fsp3) is 0.300. The van der Waals surface area contributed by atoms with Gasteiger partial charge in [0, 0.05) is 25.5 Å². The molecule has 0 radical (unpaired) electrons. The van der Waals surface area contributed by atoms with Crippen molar-refractivity contribution in [2.45, 2.75) is 19.8 Å². The number of piperidine rings is 1. The molecule has 6 nitrogen and oxygen atoms in total. The van der Waals surface area contributed by atoms with Crippen LogP contribution >= 0.6 is 0 Å². The Hall–Kier alpha value is -3.20. The molecule has 3 rings (SSSR count). The van der Waals surface area contributed by atoms with Crippen LogP contribution in [0.15, 0.2) is 53.5 Å². The Kier molecular flexibility index (Phi) is 5.94. The summed E-state index contributed by atoms with van der Waals surface area (Å²) in [5.74, 6) is 7.45. The Balaban J connectivity index is 1.65. The van der Waals surface area contributed by atoms with Gasteiger partial charge in [-0.05, 0) is 55.3 Å². The van der Waals surface area contributed by atoms with Gasteiger partial charge in [-0.1, -0.05) is 17.4 Å². The molecule has 2 aromatic rings. The van der Waals surface area contributed by atoms with Crippen molar-refractivity contribution >= 4 is 11.5 Å². The fourth-order valence-corrected chi connectivity index (χ4v) is 2.81. The number of rotatable bonds is 4. The summed E-state index contributed by atoms with van der Waals surface area (Å²) in [5, 5.41) is 3.06. The molecule has 0 spiro atoms. The minimum atomic E-state index is 0.389. The molecular formula is C20H20N4O2. The van der Waals surface area contributed by atoms with Crippen molar-refractivity contribution in [3.63, 3.8) is 0 Å². The van der Waals surface area contributed by atoms with Crippen LogP contribution in [0.3, 0.4) is 0 Å². The second kappa shape index (κ2) is 8.77. The highest BCUT2D eigenvalue weighted by Gasteiger charge is 2.18. The van der Waals surface area contributed by atoms with Crippen LogP contribution < -0.4 is 9.64 Å². The van der Waals surface area contributed by atoms with E-state index in [0.717, 1.165) is 31.5 Å². The summed E-state index contributed by atoms with van der Waals surface area (Å²) in [6.07, 6.45) is 7.12. The molecule has 3 heterocycles. The number of nitrogens with zero attached hydrogens (tertiary/aromatic N) is 4. The van der Waals surface area contributed by atoms with Crippen LogP contribution in [0.25, 0.3) is 0 Å². The Bertz CT molecular complexity index is 857. The van der Waals surface area contributed by atoms with Gasteiger partial charge in [0.15, 0.2) is 5.82 Å².